The number of amides is 3. The van der Waals surface area contributed by atoms with E-state index >= 15 is 0 Å². The zero-order valence-electron chi connectivity index (χ0n) is 23.7. The molecule has 0 aliphatic carbocycles. The minimum absolute atomic E-state index is 0.192. The van der Waals surface area contributed by atoms with Gasteiger partial charge in [0, 0.05) is 40.0 Å². The number of fused-ring (bicyclic) bond motifs is 1. The van der Waals surface area contributed by atoms with Crippen LogP contribution in [0.4, 0.5) is 21.9 Å². The number of rotatable bonds is 6. The molecule has 0 saturated carbocycles. The molecule has 0 spiro atoms. The first-order chi connectivity index (χ1) is 20.6. The summed E-state index contributed by atoms with van der Waals surface area (Å²) in [6.07, 6.45) is 9.46. The second-order valence-electron chi connectivity index (χ2n) is 9.56. The van der Waals surface area contributed by atoms with Crippen LogP contribution in [-0.4, -0.2) is 37.4 Å². The number of methoxy groups -OCH3 is 1. The fraction of sp³-hybridized carbons (Fsp3) is 0.241. The predicted octanol–water partition coefficient (Wildman–Crippen LogP) is 3.34. The van der Waals surface area contributed by atoms with Crippen molar-refractivity contribution in [3.8, 4) is 0 Å². The highest BCUT2D eigenvalue weighted by Crippen LogP contribution is 2.28. The second-order valence-corrected chi connectivity index (χ2v) is 10.00. The third-order valence-electron chi connectivity index (χ3n) is 6.54. The van der Waals surface area contributed by atoms with Crippen LogP contribution in [0.1, 0.15) is 43.2 Å². The lowest BCUT2D eigenvalue weighted by Crippen LogP contribution is -2.35. The molecule has 228 valence electrons. The molecule has 1 unspecified atom stereocenters. The lowest BCUT2D eigenvalue weighted by atomic mass is 9.98. The van der Waals surface area contributed by atoms with Crippen molar-refractivity contribution in [3.63, 3.8) is 0 Å². The van der Waals surface area contributed by atoms with Gasteiger partial charge in [-0.05, 0) is 73.2 Å². The number of hydrogen-bond donors (Lipinski definition) is 7. The third-order valence-corrected chi connectivity index (χ3v) is 6.77. The second kappa shape index (κ2) is 15.8. The van der Waals surface area contributed by atoms with E-state index < -0.39 is 18.0 Å². The lowest BCUT2D eigenvalue weighted by molar-refractivity contribution is -0.117. The van der Waals surface area contributed by atoms with Gasteiger partial charge >= 0.3 is 6.09 Å². The topological polar surface area (TPSA) is 216 Å². The Bertz CT molecular complexity index is 1460. The summed E-state index contributed by atoms with van der Waals surface area (Å²) in [6.45, 7) is 0. The van der Waals surface area contributed by atoms with Crippen LogP contribution in [0.3, 0.4) is 0 Å². The number of carbonyl (C=O) groups is 3. The van der Waals surface area contributed by atoms with Crippen molar-refractivity contribution in [3.05, 3.63) is 76.5 Å². The van der Waals surface area contributed by atoms with Crippen molar-refractivity contribution in [2.45, 2.75) is 38.1 Å². The van der Waals surface area contributed by atoms with Crippen LogP contribution in [0.5, 0.6) is 0 Å². The van der Waals surface area contributed by atoms with E-state index in [1.54, 1.807) is 48.6 Å². The highest BCUT2D eigenvalue weighted by molar-refractivity contribution is 6.30. The van der Waals surface area contributed by atoms with Gasteiger partial charge in [-0.15, -0.1) is 0 Å². The van der Waals surface area contributed by atoms with Crippen molar-refractivity contribution in [1.29, 1.82) is 0 Å². The van der Waals surface area contributed by atoms with Gasteiger partial charge in [-0.3, -0.25) is 19.9 Å². The van der Waals surface area contributed by atoms with Crippen LogP contribution in [-0.2, 0) is 14.3 Å². The molecule has 2 aromatic carbocycles. The summed E-state index contributed by atoms with van der Waals surface area (Å²) in [6, 6.07) is 9.37. The van der Waals surface area contributed by atoms with E-state index in [0.717, 1.165) is 6.42 Å². The molecule has 13 nitrogen and oxygen atoms in total. The van der Waals surface area contributed by atoms with Crippen molar-refractivity contribution in [2.24, 2.45) is 28.3 Å². The molecule has 43 heavy (non-hydrogen) atoms. The van der Waals surface area contributed by atoms with E-state index in [2.05, 4.69) is 25.8 Å². The Hall–Kier alpha value is -5.01. The zero-order chi connectivity index (χ0) is 31.4. The molecule has 14 heteroatoms. The lowest BCUT2D eigenvalue weighted by Gasteiger charge is -2.20. The molecule has 0 fully saturated rings. The number of nitrogens with two attached hydrogens (primary N) is 4. The summed E-state index contributed by atoms with van der Waals surface area (Å²) in [4.78, 5) is 37.5. The van der Waals surface area contributed by atoms with Gasteiger partial charge in [0.15, 0.2) is 0 Å². The number of benzene rings is 2. The summed E-state index contributed by atoms with van der Waals surface area (Å²) in [5.41, 5.74) is 15.8. The normalized spacial score (nSPS) is 17.2. The number of halogens is 1. The molecule has 0 radical (unpaired) electrons. The molecule has 3 rings (SSSR count). The Kier molecular flexibility index (Phi) is 12.0. The average Bonchev–Trinajstić information content (AvgIpc) is 2.98. The molecule has 0 saturated heterocycles. The Morgan fingerprint density at radius 2 is 1.98 bits per heavy atom. The minimum Gasteiger partial charge on any atom is -0.453 e. The predicted molar refractivity (Wildman–Crippen MR) is 170 cm³/mol. The summed E-state index contributed by atoms with van der Waals surface area (Å²) in [5.74, 6) is 10.6. The molecular formula is C29H36ClN9O4. The third kappa shape index (κ3) is 9.51. The maximum Gasteiger partial charge on any atom is 0.411 e. The van der Waals surface area contributed by atoms with Gasteiger partial charge in [0.2, 0.25) is 11.8 Å². The molecule has 0 bridgehead atoms. The largest absolute Gasteiger partial charge is 0.453 e. The Morgan fingerprint density at radius 3 is 2.70 bits per heavy atom. The minimum atomic E-state index is -0.656. The highest BCUT2D eigenvalue weighted by atomic mass is 35.5. The number of hydrogen-bond acceptors (Lipinski definition) is 9. The Morgan fingerprint density at radius 1 is 1.19 bits per heavy atom. The molecule has 0 aromatic heterocycles. The first-order valence-corrected chi connectivity index (χ1v) is 13.8. The number of carbonyl (C=O) groups excluding carboxylic acids is 3. The van der Waals surface area contributed by atoms with Gasteiger partial charge in [0.25, 0.3) is 0 Å². The molecule has 1 aliphatic heterocycles. The van der Waals surface area contributed by atoms with Crippen LogP contribution in [0.25, 0.3) is 11.8 Å². The fourth-order valence-corrected chi connectivity index (χ4v) is 4.61. The van der Waals surface area contributed by atoms with Crippen molar-refractivity contribution < 1.29 is 19.1 Å². The fourth-order valence-electron chi connectivity index (χ4n) is 4.43. The Balaban J connectivity index is 1.91. The number of nitrogens with zero attached hydrogens (tertiary/aromatic N) is 2. The molecule has 1 atom stereocenters. The van der Waals surface area contributed by atoms with E-state index in [1.165, 1.54) is 30.7 Å². The maximum atomic E-state index is 13.1. The average molecular weight is 610 g/mol. The molecule has 3 amide bonds. The molecule has 1 aliphatic rings. The van der Waals surface area contributed by atoms with E-state index in [-0.39, 0.29) is 12.3 Å². The maximum absolute atomic E-state index is 13.1. The summed E-state index contributed by atoms with van der Waals surface area (Å²) in [7, 11) is 1.25. The number of anilines is 3. The quantitative estimate of drug-likeness (QED) is 0.0838. The van der Waals surface area contributed by atoms with Crippen LogP contribution in [0.15, 0.2) is 65.4 Å². The summed E-state index contributed by atoms with van der Waals surface area (Å²) in [5, 5.41) is 13.5. The van der Waals surface area contributed by atoms with E-state index in [4.69, 9.17) is 34.8 Å². The van der Waals surface area contributed by atoms with Crippen LogP contribution in [0.2, 0.25) is 5.02 Å². The number of ether oxygens (including phenoxy) is 1. The van der Waals surface area contributed by atoms with Crippen LogP contribution >= 0.6 is 11.6 Å². The van der Waals surface area contributed by atoms with Gasteiger partial charge in [0.1, 0.15) is 6.34 Å². The smallest absolute Gasteiger partial charge is 0.411 e. The van der Waals surface area contributed by atoms with Gasteiger partial charge in [0.05, 0.1) is 24.5 Å². The standard InChI is InChI=1S/C29H36ClN9O4/c1-43-29(42)36-21-9-10-22-23(32)14-19(16-31)24(5-3-2-4-6-27(40)38-25(22)15-21)37-28(41)12-7-18-13-20(30)8-11-26(18)39(34)17-35-33/h7-17,24H,2-6,31-34H2,1H3,(H,36,42)(H,37,41)(H,38,40)/b12-7+,19-16+,23-14?,35-17-. The van der Waals surface area contributed by atoms with Crippen molar-refractivity contribution in [1.82, 2.24) is 5.32 Å². The molecule has 2 aromatic rings. The number of hydrazine groups is 1. The monoisotopic (exact) mass is 609 g/mol. The van der Waals surface area contributed by atoms with Gasteiger partial charge in [-0.2, -0.15) is 5.10 Å². The zero-order valence-corrected chi connectivity index (χ0v) is 24.4. The molecular weight excluding hydrogens is 574 g/mol. The number of nitrogens with one attached hydrogen (secondary N) is 3. The first kappa shape index (κ1) is 32.5. The van der Waals surface area contributed by atoms with E-state index in [1.807, 2.05) is 0 Å². The van der Waals surface area contributed by atoms with Gasteiger partial charge in [-0.25, -0.2) is 10.6 Å². The van der Waals surface area contributed by atoms with Crippen molar-refractivity contribution >= 4 is 64.7 Å². The number of hydrazone groups is 1. The first-order valence-electron chi connectivity index (χ1n) is 13.4. The molecule has 1 heterocycles. The van der Waals surface area contributed by atoms with Gasteiger partial charge in [-0.1, -0.05) is 24.4 Å². The van der Waals surface area contributed by atoms with Crippen LogP contribution in [0, 0.1) is 0 Å². The summed E-state index contributed by atoms with van der Waals surface area (Å²) >= 11 is 6.16. The highest BCUT2D eigenvalue weighted by Gasteiger charge is 2.18. The SMILES string of the molecule is COC(=O)Nc1ccc2c(c1)NC(=O)CCCCCC(NC(=O)/C=C/c1cc(Cl)ccc1N(N)/C=N\N)/C(=C/N)C=C2N. The summed E-state index contributed by atoms with van der Waals surface area (Å²) < 4.78 is 4.65. The van der Waals surface area contributed by atoms with Gasteiger partial charge < -0.3 is 32.7 Å². The van der Waals surface area contributed by atoms with Crippen LogP contribution < -0.4 is 44.1 Å². The molecule has 11 N–H and O–H groups in total. The van der Waals surface area contributed by atoms with E-state index in [9.17, 15) is 14.4 Å². The Labute approximate surface area is 254 Å². The van der Waals surface area contributed by atoms with Crippen molar-refractivity contribution in [2.75, 3.05) is 22.8 Å². The van der Waals surface area contributed by atoms with E-state index in [0.29, 0.717) is 63.7 Å².